The molecule has 5 nitrogen and oxygen atoms in total. The van der Waals surface area contributed by atoms with Gasteiger partial charge in [-0.3, -0.25) is 14.6 Å². The second-order valence-corrected chi connectivity index (χ2v) is 9.19. The summed E-state index contributed by atoms with van der Waals surface area (Å²) in [5, 5.41) is 3.03. The molecule has 1 aromatic carbocycles. The molecule has 4 rings (SSSR count). The Labute approximate surface area is 185 Å². The molecule has 164 valence electrons. The number of aryl methyl sites for hydroxylation is 2. The summed E-state index contributed by atoms with van der Waals surface area (Å²) in [5.41, 5.74) is 4.27. The average molecular weight is 420 g/mol. The van der Waals surface area contributed by atoms with Crippen LogP contribution in [0.25, 0.3) is 0 Å². The molecule has 0 atom stereocenters. The maximum absolute atomic E-state index is 12.8. The number of hydrogen-bond donors (Lipinski definition) is 1. The van der Waals surface area contributed by atoms with Gasteiger partial charge >= 0.3 is 0 Å². The zero-order chi connectivity index (χ0) is 21.6. The lowest BCUT2D eigenvalue weighted by molar-refractivity contribution is -0.121. The van der Waals surface area contributed by atoms with E-state index in [0.717, 1.165) is 62.4 Å². The molecule has 0 spiro atoms. The third-order valence-electron chi connectivity index (χ3n) is 6.64. The van der Waals surface area contributed by atoms with Crippen LogP contribution in [0.4, 0.5) is 0 Å². The molecule has 1 N–H and O–H groups in total. The number of carbonyl (C=O) groups is 2. The fourth-order valence-corrected chi connectivity index (χ4v) is 4.30. The number of likely N-dealkylation sites (tertiary alicyclic amines) is 1. The highest BCUT2D eigenvalue weighted by molar-refractivity contribution is 5.95. The van der Waals surface area contributed by atoms with Crippen molar-refractivity contribution in [2.45, 2.75) is 51.9 Å². The van der Waals surface area contributed by atoms with Crippen LogP contribution in [0.15, 0.2) is 42.7 Å². The topological polar surface area (TPSA) is 62.3 Å². The zero-order valence-electron chi connectivity index (χ0n) is 18.5. The normalized spacial score (nSPS) is 16.9. The predicted molar refractivity (Wildman–Crippen MR) is 122 cm³/mol. The van der Waals surface area contributed by atoms with Gasteiger partial charge in [0, 0.05) is 38.4 Å². The van der Waals surface area contributed by atoms with Gasteiger partial charge in [0.1, 0.15) is 0 Å². The average Bonchev–Trinajstić information content (AvgIpc) is 3.62. The van der Waals surface area contributed by atoms with Gasteiger partial charge < -0.3 is 10.2 Å². The monoisotopic (exact) mass is 419 g/mol. The number of nitrogens with one attached hydrogen (secondary N) is 1. The number of amides is 2. The number of rotatable bonds is 8. The molecule has 2 heterocycles. The highest BCUT2D eigenvalue weighted by Crippen LogP contribution is 2.27. The van der Waals surface area contributed by atoms with E-state index in [4.69, 9.17) is 0 Å². The van der Waals surface area contributed by atoms with Crippen LogP contribution in [0.5, 0.6) is 0 Å². The van der Waals surface area contributed by atoms with Gasteiger partial charge in [-0.05, 0) is 80.0 Å². The minimum absolute atomic E-state index is 0.106. The first-order valence-electron chi connectivity index (χ1n) is 11.6. The summed E-state index contributed by atoms with van der Waals surface area (Å²) in [6.07, 6.45) is 10.4. The molecule has 0 radical (unpaired) electrons. The number of pyridine rings is 1. The van der Waals surface area contributed by atoms with E-state index in [0.29, 0.717) is 12.3 Å². The van der Waals surface area contributed by atoms with E-state index in [-0.39, 0.29) is 11.8 Å². The molecule has 1 aliphatic heterocycles. The van der Waals surface area contributed by atoms with Gasteiger partial charge in [-0.25, -0.2) is 0 Å². The summed E-state index contributed by atoms with van der Waals surface area (Å²) in [7, 11) is 0. The van der Waals surface area contributed by atoms with Crippen molar-refractivity contribution in [2.75, 3.05) is 19.6 Å². The van der Waals surface area contributed by atoms with E-state index in [9.17, 15) is 9.59 Å². The molecule has 5 heteroatoms. The van der Waals surface area contributed by atoms with Crippen LogP contribution in [0, 0.1) is 18.8 Å². The Morgan fingerprint density at radius 2 is 1.71 bits per heavy atom. The number of carbonyl (C=O) groups excluding carboxylic acids is 2. The molecule has 0 bridgehead atoms. The van der Waals surface area contributed by atoms with Gasteiger partial charge in [-0.2, -0.15) is 0 Å². The molecular formula is C26H33N3O2. The lowest BCUT2D eigenvalue weighted by Gasteiger charge is -2.32. The predicted octanol–water partition coefficient (Wildman–Crippen LogP) is 3.94. The van der Waals surface area contributed by atoms with Crippen molar-refractivity contribution in [1.82, 2.24) is 15.2 Å². The van der Waals surface area contributed by atoms with Crippen molar-refractivity contribution in [3.63, 3.8) is 0 Å². The van der Waals surface area contributed by atoms with Gasteiger partial charge in [-0.1, -0.05) is 24.3 Å². The van der Waals surface area contributed by atoms with Crippen LogP contribution in [-0.2, 0) is 17.6 Å². The smallest absolute Gasteiger partial charge is 0.255 e. The van der Waals surface area contributed by atoms with Gasteiger partial charge in [0.15, 0.2) is 0 Å². The summed E-state index contributed by atoms with van der Waals surface area (Å²) < 4.78 is 0. The lowest BCUT2D eigenvalue weighted by atomic mass is 9.89. The van der Waals surface area contributed by atoms with Gasteiger partial charge in [0.25, 0.3) is 5.91 Å². The van der Waals surface area contributed by atoms with E-state index in [1.54, 1.807) is 12.4 Å². The molecule has 1 aromatic heterocycles. The number of hydrogen-bond acceptors (Lipinski definition) is 3. The quantitative estimate of drug-likeness (QED) is 0.705. The Hall–Kier alpha value is -2.69. The Bertz CT molecular complexity index is 897. The standard InChI is InChI=1S/C26H33N3O2/c1-19-10-13-27-18-24(19)26(31)29-14-11-22(12-15-29)16-21-4-2-20(3-5-21)8-9-25(30)28-17-23-6-7-23/h2-5,10,13,18,22-23H,6-9,11-12,14-17H2,1H3,(H,28,30). The summed E-state index contributed by atoms with van der Waals surface area (Å²) in [5.74, 6) is 1.61. The fourth-order valence-electron chi connectivity index (χ4n) is 4.30. The van der Waals surface area contributed by atoms with Crippen molar-refractivity contribution in [2.24, 2.45) is 11.8 Å². The molecule has 2 amide bonds. The first kappa shape index (κ1) is 21.5. The highest BCUT2D eigenvalue weighted by atomic mass is 16.2. The van der Waals surface area contributed by atoms with Crippen molar-refractivity contribution in [1.29, 1.82) is 0 Å². The molecule has 31 heavy (non-hydrogen) atoms. The first-order chi connectivity index (χ1) is 15.1. The van der Waals surface area contributed by atoms with Crippen molar-refractivity contribution >= 4 is 11.8 Å². The number of benzene rings is 1. The molecule has 2 fully saturated rings. The van der Waals surface area contributed by atoms with E-state index in [2.05, 4.69) is 34.6 Å². The van der Waals surface area contributed by atoms with E-state index >= 15 is 0 Å². The molecule has 1 saturated heterocycles. The fraction of sp³-hybridized carbons (Fsp3) is 0.500. The van der Waals surface area contributed by atoms with Crippen molar-refractivity contribution in [3.8, 4) is 0 Å². The first-order valence-corrected chi connectivity index (χ1v) is 11.6. The number of aromatic nitrogens is 1. The van der Waals surface area contributed by atoms with Crippen LogP contribution < -0.4 is 5.32 Å². The summed E-state index contributed by atoms with van der Waals surface area (Å²) in [4.78, 5) is 30.8. The lowest BCUT2D eigenvalue weighted by Crippen LogP contribution is -2.39. The van der Waals surface area contributed by atoms with Crippen molar-refractivity contribution in [3.05, 3.63) is 65.0 Å². The summed E-state index contributed by atoms with van der Waals surface area (Å²) >= 11 is 0. The molecule has 2 aliphatic rings. The maximum atomic E-state index is 12.8. The van der Waals surface area contributed by atoms with Crippen molar-refractivity contribution < 1.29 is 9.59 Å². The van der Waals surface area contributed by atoms with Gasteiger partial charge in [0.05, 0.1) is 5.56 Å². The molecule has 1 saturated carbocycles. The Balaban J connectivity index is 1.20. The van der Waals surface area contributed by atoms with Crippen LogP contribution >= 0.6 is 0 Å². The second kappa shape index (κ2) is 10.1. The molecule has 0 unspecified atom stereocenters. The van der Waals surface area contributed by atoms with Crippen LogP contribution in [-0.4, -0.2) is 41.3 Å². The number of piperidine rings is 1. The second-order valence-electron chi connectivity index (χ2n) is 9.19. The summed E-state index contributed by atoms with van der Waals surface area (Å²) in [6, 6.07) is 10.6. The van der Waals surface area contributed by atoms with Crippen LogP contribution in [0.1, 0.15) is 59.2 Å². The SMILES string of the molecule is Cc1ccncc1C(=O)N1CCC(Cc2ccc(CCC(=O)NCC3CC3)cc2)CC1. The van der Waals surface area contributed by atoms with Crippen LogP contribution in [0.2, 0.25) is 0 Å². The minimum Gasteiger partial charge on any atom is -0.356 e. The molecule has 2 aromatic rings. The minimum atomic E-state index is 0.106. The number of nitrogens with zero attached hydrogens (tertiary/aromatic N) is 2. The van der Waals surface area contributed by atoms with Crippen LogP contribution in [0.3, 0.4) is 0 Å². The Morgan fingerprint density at radius 3 is 2.39 bits per heavy atom. The Morgan fingerprint density at radius 1 is 1.00 bits per heavy atom. The third kappa shape index (κ3) is 6.16. The highest BCUT2D eigenvalue weighted by Gasteiger charge is 2.25. The Kier molecular flexibility index (Phi) is 7.00. The van der Waals surface area contributed by atoms with E-state index in [1.807, 2.05) is 17.9 Å². The van der Waals surface area contributed by atoms with E-state index in [1.165, 1.54) is 24.0 Å². The largest absolute Gasteiger partial charge is 0.356 e. The molecule has 1 aliphatic carbocycles. The zero-order valence-corrected chi connectivity index (χ0v) is 18.5. The maximum Gasteiger partial charge on any atom is 0.255 e. The van der Waals surface area contributed by atoms with Gasteiger partial charge in [0.2, 0.25) is 5.91 Å². The molecular weight excluding hydrogens is 386 g/mol. The third-order valence-corrected chi connectivity index (χ3v) is 6.64. The van der Waals surface area contributed by atoms with Gasteiger partial charge in [-0.15, -0.1) is 0 Å². The summed E-state index contributed by atoms with van der Waals surface area (Å²) in [6.45, 7) is 4.44. The van der Waals surface area contributed by atoms with E-state index < -0.39 is 0 Å².